The van der Waals surface area contributed by atoms with Gasteiger partial charge in [-0.05, 0) is 50.1 Å². The highest BCUT2D eigenvalue weighted by atomic mass is 35.5. The van der Waals surface area contributed by atoms with Crippen molar-refractivity contribution in [2.24, 2.45) is 5.73 Å². The van der Waals surface area contributed by atoms with Gasteiger partial charge in [-0.1, -0.05) is 47.1 Å². The Kier molecular flexibility index (Phi) is 8.20. The van der Waals surface area contributed by atoms with E-state index in [2.05, 4.69) is 72.2 Å². The van der Waals surface area contributed by atoms with Gasteiger partial charge < -0.3 is 15.0 Å². The third kappa shape index (κ3) is 6.29. The number of hydrogen-bond acceptors (Lipinski definition) is 6. The molecule has 3 aromatic rings. The Labute approximate surface area is 178 Å². The van der Waals surface area contributed by atoms with Crippen molar-refractivity contribution >= 4 is 12.4 Å². The number of aryl methyl sites for hydroxylation is 3. The lowest BCUT2D eigenvalue weighted by molar-refractivity contribution is 0.295. The zero-order valence-electron chi connectivity index (χ0n) is 17.4. The predicted octanol–water partition coefficient (Wildman–Crippen LogP) is 4.09. The Morgan fingerprint density at radius 1 is 1.03 bits per heavy atom. The van der Waals surface area contributed by atoms with Crippen LogP contribution >= 0.6 is 12.4 Å². The molecule has 0 spiro atoms. The van der Waals surface area contributed by atoms with E-state index < -0.39 is 0 Å². The molecule has 2 N–H and O–H groups in total. The van der Waals surface area contributed by atoms with Gasteiger partial charge in [-0.3, -0.25) is 4.90 Å². The first-order valence-electron chi connectivity index (χ1n) is 9.43. The summed E-state index contributed by atoms with van der Waals surface area (Å²) in [7, 11) is 2.03. The van der Waals surface area contributed by atoms with Crippen molar-refractivity contribution in [1.29, 1.82) is 0 Å². The Morgan fingerprint density at radius 3 is 2.38 bits per heavy atom. The highest BCUT2D eigenvalue weighted by molar-refractivity contribution is 5.85. The minimum atomic E-state index is 0. The van der Waals surface area contributed by atoms with Crippen molar-refractivity contribution in [2.45, 2.75) is 47.0 Å². The van der Waals surface area contributed by atoms with Crippen LogP contribution in [0, 0.1) is 20.8 Å². The smallest absolute Gasteiger partial charge is 0.240 e. The van der Waals surface area contributed by atoms with Gasteiger partial charge in [0.2, 0.25) is 5.89 Å². The van der Waals surface area contributed by atoms with Crippen LogP contribution in [0.1, 0.15) is 39.5 Å². The SMILES string of the molecule is Cc1cccc(COc2c(C)cc(CN(C)Cc3noc(CN)n3)cc2C)c1.Cl. The molecule has 0 unspecified atom stereocenters. The van der Waals surface area contributed by atoms with E-state index in [1.807, 2.05) is 7.05 Å². The zero-order chi connectivity index (χ0) is 20.1. The number of rotatable bonds is 8. The van der Waals surface area contributed by atoms with Crippen LogP contribution in [0.2, 0.25) is 0 Å². The molecule has 0 bridgehead atoms. The molecule has 0 saturated carbocycles. The van der Waals surface area contributed by atoms with Crippen molar-refractivity contribution in [2.75, 3.05) is 7.05 Å². The maximum absolute atomic E-state index is 6.12. The third-order valence-electron chi connectivity index (χ3n) is 4.53. The van der Waals surface area contributed by atoms with E-state index in [0.29, 0.717) is 24.9 Å². The van der Waals surface area contributed by atoms with Gasteiger partial charge in [0, 0.05) is 6.54 Å². The molecule has 29 heavy (non-hydrogen) atoms. The fourth-order valence-corrected chi connectivity index (χ4v) is 3.36. The first-order chi connectivity index (χ1) is 13.4. The van der Waals surface area contributed by atoms with Crippen molar-refractivity contribution in [3.63, 3.8) is 0 Å². The van der Waals surface area contributed by atoms with Crippen LogP contribution in [-0.4, -0.2) is 22.1 Å². The normalized spacial score (nSPS) is 10.8. The van der Waals surface area contributed by atoms with E-state index >= 15 is 0 Å². The average Bonchev–Trinajstić information content (AvgIpc) is 3.08. The fourth-order valence-electron chi connectivity index (χ4n) is 3.36. The molecule has 6 nitrogen and oxygen atoms in total. The van der Waals surface area contributed by atoms with Gasteiger partial charge in [-0.25, -0.2) is 0 Å². The van der Waals surface area contributed by atoms with E-state index in [9.17, 15) is 0 Å². The lowest BCUT2D eigenvalue weighted by atomic mass is 10.1. The number of nitrogens with two attached hydrogens (primary N) is 1. The molecule has 2 aromatic carbocycles. The van der Waals surface area contributed by atoms with Crippen LogP contribution in [0.25, 0.3) is 0 Å². The molecule has 0 fully saturated rings. The molecule has 0 aliphatic rings. The molecule has 0 saturated heterocycles. The van der Waals surface area contributed by atoms with Crippen molar-refractivity contribution in [1.82, 2.24) is 15.0 Å². The minimum absolute atomic E-state index is 0. The second-order valence-electron chi connectivity index (χ2n) is 7.32. The molecule has 1 aromatic heterocycles. The Morgan fingerprint density at radius 2 is 1.76 bits per heavy atom. The van der Waals surface area contributed by atoms with Crippen LogP contribution in [0.4, 0.5) is 0 Å². The van der Waals surface area contributed by atoms with Gasteiger partial charge in [0.15, 0.2) is 5.82 Å². The maximum atomic E-state index is 6.12. The minimum Gasteiger partial charge on any atom is -0.488 e. The number of halogens is 1. The molecule has 0 amide bonds. The van der Waals surface area contributed by atoms with Crippen LogP contribution in [0.5, 0.6) is 5.75 Å². The molecule has 3 rings (SSSR count). The Hall–Kier alpha value is -2.41. The lowest BCUT2D eigenvalue weighted by Crippen LogP contribution is -2.18. The van der Waals surface area contributed by atoms with Crippen LogP contribution in [0.15, 0.2) is 40.9 Å². The molecule has 0 radical (unpaired) electrons. The second-order valence-corrected chi connectivity index (χ2v) is 7.32. The number of hydrogen-bond donors (Lipinski definition) is 1. The van der Waals surface area contributed by atoms with Gasteiger partial charge in [-0.15, -0.1) is 12.4 Å². The Bertz CT molecular complexity index is 919. The summed E-state index contributed by atoms with van der Waals surface area (Å²) in [5.74, 6) is 2.07. The monoisotopic (exact) mass is 416 g/mol. The number of aromatic nitrogens is 2. The van der Waals surface area contributed by atoms with E-state index in [-0.39, 0.29) is 19.0 Å². The number of nitrogens with zero attached hydrogens (tertiary/aromatic N) is 3. The van der Waals surface area contributed by atoms with Gasteiger partial charge in [0.1, 0.15) is 12.4 Å². The van der Waals surface area contributed by atoms with E-state index in [1.165, 1.54) is 16.7 Å². The lowest BCUT2D eigenvalue weighted by Gasteiger charge is -2.18. The summed E-state index contributed by atoms with van der Waals surface area (Å²) in [4.78, 5) is 6.40. The number of ether oxygens (including phenoxy) is 1. The average molecular weight is 417 g/mol. The van der Waals surface area contributed by atoms with Crippen molar-refractivity contribution in [3.8, 4) is 5.75 Å². The summed E-state index contributed by atoms with van der Waals surface area (Å²) in [5.41, 5.74) is 11.4. The second kappa shape index (κ2) is 10.4. The predicted molar refractivity (Wildman–Crippen MR) is 116 cm³/mol. The topological polar surface area (TPSA) is 77.4 Å². The molecule has 0 atom stereocenters. The standard InChI is InChI=1S/C22H28N4O2.ClH/c1-15-6-5-7-18(8-15)14-27-22-16(2)9-19(10-17(22)3)12-26(4)13-20-24-21(11-23)28-25-20;/h5-10H,11-14,23H2,1-4H3;1H. The maximum Gasteiger partial charge on any atom is 0.240 e. The Balaban J connectivity index is 0.00000300. The van der Waals surface area contributed by atoms with Crippen LogP contribution < -0.4 is 10.5 Å². The van der Waals surface area contributed by atoms with Crippen molar-refractivity contribution < 1.29 is 9.26 Å². The number of benzene rings is 2. The summed E-state index contributed by atoms with van der Waals surface area (Å²) in [6, 6.07) is 12.8. The van der Waals surface area contributed by atoms with Gasteiger partial charge >= 0.3 is 0 Å². The first-order valence-corrected chi connectivity index (χ1v) is 9.43. The summed E-state index contributed by atoms with van der Waals surface area (Å²) in [6.45, 7) is 8.50. The molecule has 1 heterocycles. The summed E-state index contributed by atoms with van der Waals surface area (Å²) < 4.78 is 11.2. The van der Waals surface area contributed by atoms with Gasteiger partial charge in [0.25, 0.3) is 0 Å². The summed E-state index contributed by atoms with van der Waals surface area (Å²) in [6.07, 6.45) is 0. The van der Waals surface area contributed by atoms with Crippen LogP contribution in [-0.2, 0) is 26.2 Å². The highest BCUT2D eigenvalue weighted by Crippen LogP contribution is 2.26. The van der Waals surface area contributed by atoms with Gasteiger partial charge in [0.05, 0.1) is 13.1 Å². The quantitative estimate of drug-likeness (QED) is 0.596. The molecule has 0 aliphatic carbocycles. The molecule has 7 heteroatoms. The van der Waals surface area contributed by atoms with Crippen molar-refractivity contribution in [3.05, 3.63) is 75.9 Å². The van der Waals surface area contributed by atoms with E-state index in [0.717, 1.165) is 23.4 Å². The van der Waals surface area contributed by atoms with Gasteiger partial charge in [-0.2, -0.15) is 4.98 Å². The summed E-state index contributed by atoms with van der Waals surface area (Å²) >= 11 is 0. The third-order valence-corrected chi connectivity index (χ3v) is 4.53. The highest BCUT2D eigenvalue weighted by Gasteiger charge is 2.11. The molecule has 0 aliphatic heterocycles. The largest absolute Gasteiger partial charge is 0.488 e. The van der Waals surface area contributed by atoms with E-state index in [4.69, 9.17) is 15.0 Å². The van der Waals surface area contributed by atoms with E-state index in [1.54, 1.807) is 0 Å². The molecular formula is C22H29ClN4O2. The fraction of sp³-hybridized carbons (Fsp3) is 0.364. The zero-order valence-corrected chi connectivity index (χ0v) is 18.3. The summed E-state index contributed by atoms with van der Waals surface area (Å²) in [5, 5.41) is 3.95. The molecule has 156 valence electrons. The molecular weight excluding hydrogens is 388 g/mol. The first kappa shape index (κ1) is 22.9. The van der Waals surface area contributed by atoms with Crippen LogP contribution in [0.3, 0.4) is 0 Å².